The first-order valence-electron chi connectivity index (χ1n) is 3.30. The predicted molar refractivity (Wildman–Crippen MR) is 52.2 cm³/mol. The summed E-state index contributed by atoms with van der Waals surface area (Å²) in [6, 6.07) is 10.3. The van der Waals surface area contributed by atoms with Gasteiger partial charge in [0, 0.05) is 6.42 Å². The Morgan fingerprint density at radius 1 is 1.27 bits per heavy atom. The van der Waals surface area contributed by atoms with E-state index in [0.717, 1.165) is 6.42 Å². The van der Waals surface area contributed by atoms with Gasteiger partial charge in [-0.05, 0) is 21.5 Å². The van der Waals surface area contributed by atoms with Crippen molar-refractivity contribution < 1.29 is 5.73 Å². The van der Waals surface area contributed by atoms with Crippen molar-refractivity contribution in [2.75, 3.05) is 0 Å². The molecule has 0 saturated heterocycles. The number of quaternary nitrogens is 1. The Hall–Kier alpha value is -0.340. The van der Waals surface area contributed by atoms with Crippen molar-refractivity contribution >= 4 is 15.9 Å². The number of halogens is 1. The van der Waals surface area contributed by atoms with Crippen LogP contribution in [0.15, 0.2) is 30.3 Å². The normalized spacial score (nSPS) is 11.8. The van der Waals surface area contributed by atoms with E-state index in [-0.39, 0.29) is 7.43 Å². The van der Waals surface area contributed by atoms with E-state index in [2.05, 4.69) is 33.8 Å². The molecule has 1 nitrogen and oxygen atoms in total. The van der Waals surface area contributed by atoms with Gasteiger partial charge < -0.3 is 13.2 Å². The fraction of sp³-hybridized carbons (Fsp3) is 0.222. The second-order valence-electron chi connectivity index (χ2n) is 2.29. The summed E-state index contributed by atoms with van der Waals surface area (Å²) in [4.78, 5) is 0.329. The van der Waals surface area contributed by atoms with Gasteiger partial charge in [0.1, 0.15) is 4.95 Å². The Labute approximate surface area is 76.7 Å². The largest absolute Gasteiger partial charge is 0.358 e. The lowest BCUT2D eigenvalue weighted by Crippen LogP contribution is -2.58. The molecule has 11 heavy (non-hydrogen) atoms. The van der Waals surface area contributed by atoms with Crippen LogP contribution in [0.2, 0.25) is 0 Å². The third-order valence-electron chi connectivity index (χ3n) is 1.30. The molecule has 0 amide bonds. The van der Waals surface area contributed by atoms with Crippen molar-refractivity contribution in [3.8, 4) is 0 Å². The van der Waals surface area contributed by atoms with Crippen LogP contribution in [0.4, 0.5) is 0 Å². The van der Waals surface area contributed by atoms with E-state index in [0.29, 0.717) is 4.95 Å². The minimum atomic E-state index is 0. The number of hydrogen-bond donors (Lipinski definition) is 1. The maximum Gasteiger partial charge on any atom is 0.143 e. The quantitative estimate of drug-likeness (QED) is 0.442. The van der Waals surface area contributed by atoms with E-state index < -0.39 is 0 Å². The zero-order valence-corrected chi connectivity index (χ0v) is 8.34. The molecule has 0 aliphatic rings. The summed E-state index contributed by atoms with van der Waals surface area (Å²) in [6.07, 6.45) is 1.00. The average Bonchev–Trinajstić information content (AvgIpc) is 1.88. The summed E-state index contributed by atoms with van der Waals surface area (Å²) in [6.45, 7) is 0. The summed E-state index contributed by atoms with van der Waals surface area (Å²) in [7, 11) is 0. The molecule has 0 heterocycles. The van der Waals surface area contributed by atoms with Crippen LogP contribution in [-0.4, -0.2) is 4.95 Å². The lowest BCUT2D eigenvalue weighted by Gasteiger charge is -1.98. The number of rotatable bonds is 2. The van der Waals surface area contributed by atoms with Crippen LogP contribution in [0.25, 0.3) is 0 Å². The summed E-state index contributed by atoms with van der Waals surface area (Å²) < 4.78 is 0. The zero-order chi connectivity index (χ0) is 7.40. The third kappa shape index (κ3) is 4.17. The fourth-order valence-electron chi connectivity index (χ4n) is 0.870. The number of alkyl halides is 1. The Balaban J connectivity index is 0.000001000. The monoisotopic (exact) mass is 215 g/mol. The fourth-order valence-corrected chi connectivity index (χ4v) is 1.24. The molecule has 1 aromatic carbocycles. The Morgan fingerprint density at radius 2 is 1.82 bits per heavy atom. The SMILES string of the molecule is [CH3-].[NH3+]C(Br)Cc1ccccc1. The minimum absolute atomic E-state index is 0. The smallest absolute Gasteiger partial charge is 0.143 e. The van der Waals surface area contributed by atoms with Gasteiger partial charge in [0.05, 0.1) is 0 Å². The molecule has 1 unspecified atom stereocenters. The van der Waals surface area contributed by atoms with Crippen LogP contribution in [0.5, 0.6) is 0 Å². The first-order chi connectivity index (χ1) is 4.79. The molecule has 0 aliphatic heterocycles. The molecule has 62 valence electrons. The summed E-state index contributed by atoms with van der Waals surface area (Å²) in [5.74, 6) is 0. The van der Waals surface area contributed by atoms with Crippen molar-refractivity contribution in [1.82, 2.24) is 0 Å². The van der Waals surface area contributed by atoms with Gasteiger partial charge in [-0.2, -0.15) is 0 Å². The molecule has 0 radical (unpaired) electrons. The van der Waals surface area contributed by atoms with Crippen molar-refractivity contribution in [3.05, 3.63) is 43.3 Å². The van der Waals surface area contributed by atoms with Gasteiger partial charge in [0.25, 0.3) is 0 Å². The molecule has 0 fully saturated rings. The average molecular weight is 216 g/mol. The molecule has 0 bridgehead atoms. The van der Waals surface area contributed by atoms with E-state index in [1.54, 1.807) is 0 Å². The first kappa shape index (κ1) is 10.7. The highest BCUT2D eigenvalue weighted by molar-refractivity contribution is 9.09. The van der Waals surface area contributed by atoms with Gasteiger partial charge in [-0.15, -0.1) is 0 Å². The Kier molecular flexibility index (Phi) is 5.16. The van der Waals surface area contributed by atoms with Gasteiger partial charge in [-0.1, -0.05) is 30.3 Å². The van der Waals surface area contributed by atoms with Crippen LogP contribution in [0.3, 0.4) is 0 Å². The van der Waals surface area contributed by atoms with Crippen LogP contribution in [0.1, 0.15) is 5.56 Å². The van der Waals surface area contributed by atoms with Crippen LogP contribution < -0.4 is 5.73 Å². The summed E-state index contributed by atoms with van der Waals surface area (Å²) in [5, 5.41) is 0. The number of benzene rings is 1. The zero-order valence-electron chi connectivity index (χ0n) is 6.76. The molecule has 1 atom stereocenters. The molecule has 1 aromatic rings. The van der Waals surface area contributed by atoms with Crippen molar-refractivity contribution in [3.63, 3.8) is 0 Å². The van der Waals surface area contributed by atoms with Crippen LogP contribution >= 0.6 is 15.9 Å². The molecule has 0 aliphatic carbocycles. The predicted octanol–water partition coefficient (Wildman–Crippen LogP) is 1.64. The van der Waals surface area contributed by atoms with Gasteiger partial charge in [-0.25, -0.2) is 0 Å². The second-order valence-corrected chi connectivity index (χ2v) is 3.58. The highest BCUT2D eigenvalue weighted by atomic mass is 79.9. The molecular weight excluding hydrogens is 202 g/mol. The number of hydrogen-bond acceptors (Lipinski definition) is 0. The maximum absolute atomic E-state index is 3.85. The van der Waals surface area contributed by atoms with Gasteiger partial charge >= 0.3 is 0 Å². The van der Waals surface area contributed by atoms with E-state index in [4.69, 9.17) is 0 Å². The van der Waals surface area contributed by atoms with Crippen molar-refractivity contribution in [2.24, 2.45) is 0 Å². The Morgan fingerprint density at radius 3 is 2.27 bits per heavy atom. The Bertz CT molecular complexity index is 184. The highest BCUT2D eigenvalue weighted by Crippen LogP contribution is 2.03. The first-order valence-corrected chi connectivity index (χ1v) is 4.21. The van der Waals surface area contributed by atoms with Gasteiger partial charge in [0.2, 0.25) is 0 Å². The minimum Gasteiger partial charge on any atom is -0.358 e. The summed E-state index contributed by atoms with van der Waals surface area (Å²) in [5.41, 5.74) is 5.18. The maximum atomic E-state index is 3.85. The van der Waals surface area contributed by atoms with E-state index in [9.17, 15) is 0 Å². The van der Waals surface area contributed by atoms with Crippen molar-refractivity contribution in [2.45, 2.75) is 11.4 Å². The topological polar surface area (TPSA) is 27.6 Å². The third-order valence-corrected chi connectivity index (χ3v) is 1.62. The van der Waals surface area contributed by atoms with Crippen LogP contribution in [-0.2, 0) is 6.42 Å². The lowest BCUT2D eigenvalue weighted by atomic mass is 10.2. The lowest BCUT2D eigenvalue weighted by molar-refractivity contribution is -0.382. The standard InChI is InChI=1S/C8H10BrN.CH3/c9-8(10)6-7-4-2-1-3-5-7;/h1-5,8H,6,10H2;1H3/q;-1/p+1. The van der Waals surface area contributed by atoms with Gasteiger partial charge in [-0.3, -0.25) is 0 Å². The molecule has 3 N–H and O–H groups in total. The molecule has 0 aromatic heterocycles. The van der Waals surface area contributed by atoms with E-state index >= 15 is 0 Å². The molecular formula is C9H14BrN. The summed E-state index contributed by atoms with van der Waals surface area (Å²) >= 11 is 3.40. The van der Waals surface area contributed by atoms with Crippen molar-refractivity contribution in [1.29, 1.82) is 0 Å². The second kappa shape index (κ2) is 5.33. The van der Waals surface area contributed by atoms with E-state index in [1.165, 1.54) is 5.56 Å². The molecule has 1 rings (SSSR count). The van der Waals surface area contributed by atoms with Crippen LogP contribution in [0, 0.1) is 7.43 Å². The highest BCUT2D eigenvalue weighted by Gasteiger charge is 1.99. The molecule has 0 saturated carbocycles. The van der Waals surface area contributed by atoms with Gasteiger partial charge in [0.15, 0.2) is 0 Å². The molecule has 0 spiro atoms. The van der Waals surface area contributed by atoms with E-state index in [1.807, 2.05) is 18.2 Å². The molecule has 2 heteroatoms.